The lowest BCUT2D eigenvalue weighted by Gasteiger charge is -2.27. The summed E-state index contributed by atoms with van der Waals surface area (Å²) in [6, 6.07) is 0. The monoisotopic (exact) mass is 229 g/mol. The zero-order valence-electron chi connectivity index (χ0n) is 10.7. The average Bonchev–Trinajstić information content (AvgIpc) is 2.11. The van der Waals surface area contributed by atoms with E-state index in [4.69, 9.17) is 5.11 Å². The van der Waals surface area contributed by atoms with E-state index >= 15 is 0 Å². The highest BCUT2D eigenvalue weighted by Crippen LogP contribution is 2.26. The second-order valence-electron chi connectivity index (χ2n) is 5.31. The highest BCUT2D eigenvalue weighted by molar-refractivity contribution is 5.77. The zero-order valence-corrected chi connectivity index (χ0v) is 10.7. The summed E-state index contributed by atoms with van der Waals surface area (Å²) in [5.41, 5.74) is -0.0559. The summed E-state index contributed by atoms with van der Waals surface area (Å²) in [4.78, 5) is 21.9. The number of aliphatic hydroxyl groups is 1. The molecule has 1 amide bonds. The van der Waals surface area contributed by atoms with Crippen molar-refractivity contribution in [3.05, 3.63) is 0 Å². The lowest BCUT2D eigenvalue weighted by Crippen LogP contribution is -2.36. The summed E-state index contributed by atoms with van der Waals surface area (Å²) in [6.07, 6.45) is 1.45. The molecule has 0 rings (SSSR count). The maximum Gasteiger partial charge on any atom is 0.245 e. The summed E-state index contributed by atoms with van der Waals surface area (Å²) in [7, 11) is 0. The number of nitrogens with one attached hydrogen (secondary N) is 1. The van der Waals surface area contributed by atoms with Crippen LogP contribution in [0.5, 0.6) is 0 Å². The van der Waals surface area contributed by atoms with Gasteiger partial charge in [0.05, 0.1) is 0 Å². The van der Waals surface area contributed by atoms with E-state index in [1.54, 1.807) is 6.92 Å². The Bertz CT molecular complexity index is 249. The van der Waals surface area contributed by atoms with E-state index in [1.165, 1.54) is 0 Å². The van der Waals surface area contributed by atoms with Gasteiger partial charge in [-0.1, -0.05) is 20.8 Å². The predicted molar refractivity (Wildman–Crippen MR) is 63.0 cm³/mol. The third kappa shape index (κ3) is 7.40. The fourth-order valence-electron chi connectivity index (χ4n) is 1.97. The van der Waals surface area contributed by atoms with Crippen molar-refractivity contribution >= 4 is 11.7 Å². The Morgan fingerprint density at radius 3 is 2.38 bits per heavy atom. The fraction of sp³-hybridized carbons (Fsp3) is 0.833. The molecule has 0 saturated carbocycles. The van der Waals surface area contributed by atoms with Crippen LogP contribution in [0.1, 0.15) is 40.5 Å². The predicted octanol–water partition coefficient (Wildman–Crippen LogP) is 1.13. The molecule has 0 fully saturated rings. The smallest absolute Gasteiger partial charge is 0.245 e. The van der Waals surface area contributed by atoms with Crippen molar-refractivity contribution in [2.45, 2.75) is 40.5 Å². The molecule has 0 aromatic rings. The highest BCUT2D eigenvalue weighted by Gasteiger charge is 2.22. The number of rotatable bonds is 7. The Morgan fingerprint density at radius 2 is 1.94 bits per heavy atom. The summed E-state index contributed by atoms with van der Waals surface area (Å²) >= 11 is 0. The molecule has 1 atom stereocenters. The first-order valence-electron chi connectivity index (χ1n) is 5.64. The van der Waals surface area contributed by atoms with Gasteiger partial charge in [-0.3, -0.25) is 4.79 Å². The number of carbonyl (C=O) groups is 2. The average molecular weight is 229 g/mol. The molecule has 0 aromatic heterocycles. The third-order valence-corrected chi connectivity index (χ3v) is 2.44. The summed E-state index contributed by atoms with van der Waals surface area (Å²) in [5.74, 6) is 0.161. The zero-order chi connectivity index (χ0) is 12.8. The van der Waals surface area contributed by atoms with Crippen molar-refractivity contribution < 1.29 is 14.7 Å². The standard InChI is InChI=1S/C12H23NO3/c1-9(5-10(2)15)6-12(3,4)8-13-11(16)7-14/h9,14H,5-8H2,1-4H3,(H,13,16). The van der Waals surface area contributed by atoms with Crippen molar-refractivity contribution in [1.29, 1.82) is 0 Å². The summed E-state index contributed by atoms with van der Waals surface area (Å²) < 4.78 is 0. The van der Waals surface area contributed by atoms with Gasteiger partial charge in [0.15, 0.2) is 0 Å². The van der Waals surface area contributed by atoms with Crippen LogP contribution < -0.4 is 5.32 Å². The third-order valence-electron chi connectivity index (χ3n) is 2.44. The molecule has 0 aliphatic heterocycles. The van der Waals surface area contributed by atoms with E-state index in [0.717, 1.165) is 6.42 Å². The van der Waals surface area contributed by atoms with Crippen LogP contribution in [-0.4, -0.2) is 29.9 Å². The van der Waals surface area contributed by atoms with E-state index in [1.807, 2.05) is 20.8 Å². The minimum absolute atomic E-state index is 0.0559. The number of hydrogen-bond donors (Lipinski definition) is 2. The summed E-state index contributed by atoms with van der Waals surface area (Å²) in [6.45, 7) is 7.77. The molecule has 0 aliphatic carbocycles. The molecule has 0 heterocycles. The fourth-order valence-corrected chi connectivity index (χ4v) is 1.97. The minimum atomic E-state index is -0.473. The number of hydrogen-bond acceptors (Lipinski definition) is 3. The van der Waals surface area contributed by atoms with Gasteiger partial charge < -0.3 is 15.2 Å². The molecular formula is C12H23NO3. The van der Waals surface area contributed by atoms with Crippen LogP contribution in [-0.2, 0) is 9.59 Å². The molecule has 0 spiro atoms. The van der Waals surface area contributed by atoms with Crippen LogP contribution in [0.25, 0.3) is 0 Å². The highest BCUT2D eigenvalue weighted by atomic mass is 16.3. The Hall–Kier alpha value is -0.900. The maximum absolute atomic E-state index is 10.9. The molecule has 0 radical (unpaired) electrons. The van der Waals surface area contributed by atoms with E-state index < -0.39 is 6.61 Å². The van der Waals surface area contributed by atoms with Crippen molar-refractivity contribution in [2.24, 2.45) is 11.3 Å². The van der Waals surface area contributed by atoms with Crippen LogP contribution in [0.4, 0.5) is 0 Å². The molecule has 4 nitrogen and oxygen atoms in total. The number of aliphatic hydroxyl groups excluding tert-OH is 1. The quantitative estimate of drug-likeness (QED) is 0.687. The minimum Gasteiger partial charge on any atom is -0.387 e. The Kier molecular flexibility index (Phi) is 6.26. The molecule has 0 aromatic carbocycles. The normalized spacial score (nSPS) is 13.3. The van der Waals surface area contributed by atoms with Crippen LogP contribution in [0, 0.1) is 11.3 Å². The lowest BCUT2D eigenvalue weighted by atomic mass is 9.81. The molecule has 1 unspecified atom stereocenters. The topological polar surface area (TPSA) is 66.4 Å². The molecule has 16 heavy (non-hydrogen) atoms. The van der Waals surface area contributed by atoms with Crippen LogP contribution in [0.2, 0.25) is 0 Å². The van der Waals surface area contributed by atoms with E-state index in [2.05, 4.69) is 5.32 Å². The number of ketones is 1. The summed E-state index contributed by atoms with van der Waals surface area (Å²) in [5, 5.41) is 11.2. The Labute approximate surface area is 97.4 Å². The molecule has 0 aliphatic rings. The van der Waals surface area contributed by atoms with E-state index in [9.17, 15) is 9.59 Å². The van der Waals surface area contributed by atoms with Crippen molar-refractivity contribution in [3.63, 3.8) is 0 Å². The second-order valence-corrected chi connectivity index (χ2v) is 5.31. The Morgan fingerprint density at radius 1 is 1.38 bits per heavy atom. The molecule has 2 N–H and O–H groups in total. The van der Waals surface area contributed by atoms with Gasteiger partial charge in [-0.25, -0.2) is 0 Å². The van der Waals surface area contributed by atoms with Crippen molar-refractivity contribution in [3.8, 4) is 0 Å². The lowest BCUT2D eigenvalue weighted by molar-refractivity contribution is -0.124. The van der Waals surface area contributed by atoms with Crippen LogP contribution in [0.15, 0.2) is 0 Å². The van der Waals surface area contributed by atoms with Gasteiger partial charge in [-0.05, 0) is 24.7 Å². The first kappa shape index (κ1) is 15.1. The first-order valence-corrected chi connectivity index (χ1v) is 5.64. The van der Waals surface area contributed by atoms with Gasteiger partial charge in [0.25, 0.3) is 0 Å². The molecule has 0 bridgehead atoms. The van der Waals surface area contributed by atoms with E-state index in [-0.39, 0.29) is 17.1 Å². The van der Waals surface area contributed by atoms with Crippen LogP contribution in [0.3, 0.4) is 0 Å². The first-order chi connectivity index (χ1) is 7.26. The SMILES string of the molecule is CC(=O)CC(C)CC(C)(C)CNC(=O)CO. The number of amides is 1. The largest absolute Gasteiger partial charge is 0.387 e. The maximum atomic E-state index is 10.9. The molecule has 94 valence electrons. The van der Waals surface area contributed by atoms with Crippen LogP contribution >= 0.6 is 0 Å². The number of Topliss-reactive ketones (excluding diaryl/α,β-unsaturated/α-hetero) is 1. The molecule has 4 heteroatoms. The van der Waals surface area contributed by atoms with Gasteiger partial charge in [0.2, 0.25) is 5.91 Å². The second kappa shape index (κ2) is 6.63. The van der Waals surface area contributed by atoms with Gasteiger partial charge >= 0.3 is 0 Å². The van der Waals surface area contributed by atoms with Gasteiger partial charge in [0, 0.05) is 13.0 Å². The van der Waals surface area contributed by atoms with E-state index in [0.29, 0.717) is 18.9 Å². The van der Waals surface area contributed by atoms with Gasteiger partial charge in [0.1, 0.15) is 12.4 Å². The number of carbonyl (C=O) groups excluding carboxylic acids is 2. The van der Waals surface area contributed by atoms with Gasteiger partial charge in [-0.15, -0.1) is 0 Å². The van der Waals surface area contributed by atoms with Crippen molar-refractivity contribution in [2.75, 3.05) is 13.2 Å². The van der Waals surface area contributed by atoms with Gasteiger partial charge in [-0.2, -0.15) is 0 Å². The van der Waals surface area contributed by atoms with Crippen molar-refractivity contribution in [1.82, 2.24) is 5.32 Å². The molecule has 0 saturated heterocycles. The molecular weight excluding hydrogens is 206 g/mol. The Balaban J connectivity index is 4.02.